The first-order chi connectivity index (χ1) is 16.4. The number of nitrogens with one attached hydrogen (secondary N) is 1. The number of aromatic nitrogens is 3. The van der Waals surface area contributed by atoms with Crippen molar-refractivity contribution in [1.82, 2.24) is 20.3 Å². The van der Waals surface area contributed by atoms with Crippen molar-refractivity contribution >= 4 is 11.7 Å². The fourth-order valence-electron chi connectivity index (χ4n) is 3.69. The zero-order valence-corrected chi connectivity index (χ0v) is 19.1. The minimum atomic E-state index is -0.350. The van der Waals surface area contributed by atoms with Gasteiger partial charge in [0.2, 0.25) is 0 Å². The summed E-state index contributed by atoms with van der Waals surface area (Å²) in [6.45, 7) is 3.86. The van der Waals surface area contributed by atoms with E-state index in [0.29, 0.717) is 34.0 Å². The normalized spacial score (nSPS) is 10.7. The molecule has 0 fully saturated rings. The molecule has 4 aromatic rings. The average molecular weight is 458 g/mol. The number of halogens is 1. The molecule has 8 heteroatoms. The number of anilines is 1. The molecule has 0 aliphatic carbocycles. The molecule has 0 aliphatic heterocycles. The molecular formula is C26H24FN5O2. The molecule has 3 N–H and O–H groups in total. The van der Waals surface area contributed by atoms with Gasteiger partial charge in [-0.15, -0.1) is 0 Å². The molecule has 2 aromatic carbocycles. The summed E-state index contributed by atoms with van der Waals surface area (Å²) in [5.74, 6) is -0.0315. The largest absolute Gasteiger partial charge is 0.496 e. The number of ether oxygens (including phenoxy) is 1. The Bertz CT molecular complexity index is 1340. The van der Waals surface area contributed by atoms with Crippen LogP contribution in [0, 0.1) is 19.7 Å². The molecule has 0 bridgehead atoms. The van der Waals surface area contributed by atoms with Gasteiger partial charge in [0, 0.05) is 22.5 Å². The van der Waals surface area contributed by atoms with Crippen LogP contribution in [0.2, 0.25) is 0 Å². The van der Waals surface area contributed by atoms with Crippen LogP contribution < -0.4 is 15.8 Å². The molecule has 0 saturated heterocycles. The van der Waals surface area contributed by atoms with Crippen molar-refractivity contribution in [2.75, 3.05) is 12.8 Å². The number of amides is 1. The Morgan fingerprint density at radius 2 is 1.59 bits per heavy atom. The van der Waals surface area contributed by atoms with E-state index in [1.54, 1.807) is 36.4 Å². The molecule has 172 valence electrons. The highest BCUT2D eigenvalue weighted by molar-refractivity contribution is 5.96. The van der Waals surface area contributed by atoms with Gasteiger partial charge in [0.15, 0.2) is 0 Å². The summed E-state index contributed by atoms with van der Waals surface area (Å²) in [5.41, 5.74) is 11.3. The Morgan fingerprint density at radius 3 is 2.26 bits per heavy atom. The number of rotatable bonds is 6. The topological polar surface area (TPSA) is 103 Å². The predicted molar refractivity (Wildman–Crippen MR) is 129 cm³/mol. The second-order valence-corrected chi connectivity index (χ2v) is 7.78. The van der Waals surface area contributed by atoms with E-state index in [9.17, 15) is 9.18 Å². The quantitative estimate of drug-likeness (QED) is 0.442. The first kappa shape index (κ1) is 22.8. The zero-order valence-electron chi connectivity index (χ0n) is 19.1. The number of nitrogens with two attached hydrogens (primary N) is 1. The number of para-hydroxylation sites is 1. The Balaban J connectivity index is 1.74. The third kappa shape index (κ3) is 4.85. The molecule has 0 radical (unpaired) electrons. The minimum absolute atomic E-state index is 0.0649. The van der Waals surface area contributed by atoms with Crippen LogP contribution in [-0.4, -0.2) is 28.0 Å². The van der Waals surface area contributed by atoms with Crippen LogP contribution in [0.5, 0.6) is 5.75 Å². The Morgan fingerprint density at radius 1 is 0.941 bits per heavy atom. The second kappa shape index (κ2) is 9.66. The highest BCUT2D eigenvalue weighted by Gasteiger charge is 2.18. The summed E-state index contributed by atoms with van der Waals surface area (Å²) < 4.78 is 18.8. The standard InChI is InChI=1S/C26H24FN5O2/c1-15-12-18(13-16(2)30-15)24-23(17-8-10-19(27)11-9-17)32-25(28)21(31-24)14-29-26(33)20-6-4-5-7-22(20)34-3/h4-13H,14H2,1-3H3,(H2,28,32)(H,29,33). The molecule has 0 atom stereocenters. The van der Waals surface area contributed by atoms with Crippen molar-refractivity contribution < 1.29 is 13.9 Å². The summed E-state index contributed by atoms with van der Waals surface area (Å²) in [7, 11) is 1.51. The van der Waals surface area contributed by atoms with E-state index >= 15 is 0 Å². The van der Waals surface area contributed by atoms with Crippen molar-refractivity contribution in [2.24, 2.45) is 0 Å². The molecule has 4 rings (SSSR count). The first-order valence-corrected chi connectivity index (χ1v) is 10.6. The van der Waals surface area contributed by atoms with Crippen LogP contribution in [0.3, 0.4) is 0 Å². The number of aryl methyl sites for hydroxylation is 2. The molecule has 34 heavy (non-hydrogen) atoms. The molecular weight excluding hydrogens is 433 g/mol. The van der Waals surface area contributed by atoms with Gasteiger partial charge >= 0.3 is 0 Å². The number of pyridine rings is 1. The van der Waals surface area contributed by atoms with Crippen LogP contribution >= 0.6 is 0 Å². The smallest absolute Gasteiger partial charge is 0.255 e. The number of carbonyl (C=O) groups excluding carboxylic acids is 1. The number of hydrogen-bond acceptors (Lipinski definition) is 6. The van der Waals surface area contributed by atoms with Gasteiger partial charge in [-0.2, -0.15) is 0 Å². The van der Waals surface area contributed by atoms with Crippen molar-refractivity contribution in [2.45, 2.75) is 20.4 Å². The zero-order chi connectivity index (χ0) is 24.2. The average Bonchev–Trinajstić information content (AvgIpc) is 2.82. The van der Waals surface area contributed by atoms with Crippen LogP contribution in [-0.2, 0) is 6.54 Å². The number of methoxy groups -OCH3 is 1. The molecule has 0 unspecified atom stereocenters. The summed E-state index contributed by atoms with van der Waals surface area (Å²) >= 11 is 0. The summed E-state index contributed by atoms with van der Waals surface area (Å²) in [5, 5.41) is 2.84. The lowest BCUT2D eigenvalue weighted by Gasteiger charge is -2.15. The molecule has 2 aromatic heterocycles. The first-order valence-electron chi connectivity index (χ1n) is 10.6. The lowest BCUT2D eigenvalue weighted by Crippen LogP contribution is -2.25. The van der Waals surface area contributed by atoms with Crippen LogP contribution in [0.25, 0.3) is 22.5 Å². The van der Waals surface area contributed by atoms with Crippen molar-refractivity contribution in [3.63, 3.8) is 0 Å². The van der Waals surface area contributed by atoms with E-state index < -0.39 is 0 Å². The summed E-state index contributed by atoms with van der Waals surface area (Å²) in [4.78, 5) is 26.5. The number of hydrogen-bond donors (Lipinski definition) is 2. The third-order valence-corrected chi connectivity index (χ3v) is 5.24. The van der Waals surface area contributed by atoms with Gasteiger partial charge in [0.25, 0.3) is 5.91 Å². The molecule has 2 heterocycles. The van der Waals surface area contributed by atoms with E-state index in [1.165, 1.54) is 19.2 Å². The van der Waals surface area contributed by atoms with Crippen LogP contribution in [0.15, 0.2) is 60.7 Å². The maximum Gasteiger partial charge on any atom is 0.255 e. The molecule has 1 amide bonds. The van der Waals surface area contributed by atoms with Crippen molar-refractivity contribution in [3.8, 4) is 28.3 Å². The van der Waals surface area contributed by atoms with Gasteiger partial charge < -0.3 is 15.8 Å². The maximum atomic E-state index is 13.5. The third-order valence-electron chi connectivity index (χ3n) is 5.24. The van der Waals surface area contributed by atoms with Gasteiger partial charge in [-0.25, -0.2) is 14.4 Å². The molecule has 7 nitrogen and oxygen atoms in total. The summed E-state index contributed by atoms with van der Waals surface area (Å²) in [6, 6.07) is 16.7. The van der Waals surface area contributed by atoms with Gasteiger partial charge in [0.05, 0.1) is 30.6 Å². The fourth-order valence-corrected chi connectivity index (χ4v) is 3.69. The SMILES string of the molecule is COc1ccccc1C(=O)NCc1nc(-c2cc(C)nc(C)c2)c(-c2ccc(F)cc2)nc1N. The molecule has 0 spiro atoms. The number of carbonyl (C=O) groups is 1. The lowest BCUT2D eigenvalue weighted by atomic mass is 10.0. The van der Waals surface area contributed by atoms with Crippen molar-refractivity contribution in [1.29, 1.82) is 0 Å². The number of benzene rings is 2. The fraction of sp³-hybridized carbons (Fsp3) is 0.154. The Hall–Kier alpha value is -4.33. The minimum Gasteiger partial charge on any atom is -0.496 e. The van der Waals surface area contributed by atoms with E-state index in [-0.39, 0.29) is 24.1 Å². The molecule has 0 aliphatic rings. The van der Waals surface area contributed by atoms with Gasteiger partial charge in [-0.05, 0) is 62.4 Å². The van der Waals surface area contributed by atoms with Crippen LogP contribution in [0.4, 0.5) is 10.2 Å². The monoisotopic (exact) mass is 457 g/mol. The van der Waals surface area contributed by atoms with Crippen molar-refractivity contribution in [3.05, 3.63) is 89.1 Å². The molecule has 0 saturated carbocycles. The van der Waals surface area contributed by atoms with E-state index in [2.05, 4.69) is 15.3 Å². The summed E-state index contributed by atoms with van der Waals surface area (Å²) in [6.07, 6.45) is 0. The van der Waals surface area contributed by atoms with Crippen LogP contribution in [0.1, 0.15) is 27.4 Å². The van der Waals surface area contributed by atoms with Gasteiger partial charge in [-0.1, -0.05) is 12.1 Å². The lowest BCUT2D eigenvalue weighted by molar-refractivity contribution is 0.0947. The highest BCUT2D eigenvalue weighted by Crippen LogP contribution is 2.31. The van der Waals surface area contributed by atoms with Gasteiger partial charge in [0.1, 0.15) is 23.1 Å². The van der Waals surface area contributed by atoms with Gasteiger partial charge in [-0.3, -0.25) is 9.78 Å². The van der Waals surface area contributed by atoms with E-state index in [1.807, 2.05) is 26.0 Å². The Kier molecular flexibility index (Phi) is 6.49. The second-order valence-electron chi connectivity index (χ2n) is 7.78. The maximum absolute atomic E-state index is 13.5. The number of nitrogens with zero attached hydrogens (tertiary/aromatic N) is 3. The highest BCUT2D eigenvalue weighted by atomic mass is 19.1. The van der Waals surface area contributed by atoms with E-state index in [0.717, 1.165) is 17.0 Å². The van der Waals surface area contributed by atoms with E-state index in [4.69, 9.17) is 15.5 Å². The number of nitrogen functional groups attached to an aromatic ring is 1. The Labute approximate surface area is 196 Å². The predicted octanol–water partition coefficient (Wildman–Crippen LogP) is 4.48.